The fourth-order valence-corrected chi connectivity index (χ4v) is 4.35. The molecule has 2 aromatic carbocycles. The van der Waals surface area contributed by atoms with E-state index in [9.17, 15) is 8.42 Å². The van der Waals surface area contributed by atoms with Gasteiger partial charge in [-0.1, -0.05) is 29.8 Å². The van der Waals surface area contributed by atoms with Crippen LogP contribution in [0, 0.1) is 18.3 Å². The number of hydrogen-bond acceptors (Lipinski definition) is 4. The van der Waals surface area contributed by atoms with Crippen LogP contribution in [0.1, 0.15) is 16.7 Å². The van der Waals surface area contributed by atoms with Crippen LogP contribution in [-0.2, 0) is 16.6 Å². The lowest BCUT2D eigenvalue weighted by Crippen LogP contribution is -2.48. The Balaban J connectivity index is 1.61. The standard InChI is InChI=1S/C19H21N3O2S/c1-16-2-8-19(9-3-16)25(23,24)22-12-10-21(11-13-22)15-18-6-4-17(14-20)5-7-18/h2-9H,10-13,15H2,1H3. The molecule has 1 heterocycles. The first kappa shape index (κ1) is 17.6. The van der Waals surface area contributed by atoms with Gasteiger partial charge in [0, 0.05) is 32.7 Å². The summed E-state index contributed by atoms with van der Waals surface area (Å²) in [6.45, 7) is 5.09. The molecule has 0 bridgehead atoms. The quantitative estimate of drug-likeness (QED) is 0.845. The molecule has 1 fully saturated rings. The summed E-state index contributed by atoms with van der Waals surface area (Å²) in [6, 6.07) is 16.6. The molecule has 0 aliphatic carbocycles. The number of sulfonamides is 1. The maximum absolute atomic E-state index is 12.7. The molecule has 1 aliphatic heterocycles. The minimum absolute atomic E-state index is 0.360. The Morgan fingerprint density at radius 3 is 2.12 bits per heavy atom. The highest BCUT2D eigenvalue weighted by molar-refractivity contribution is 7.89. The number of nitrogens with zero attached hydrogens (tertiary/aromatic N) is 3. The zero-order valence-corrected chi connectivity index (χ0v) is 15.0. The molecule has 0 aromatic heterocycles. The summed E-state index contributed by atoms with van der Waals surface area (Å²) in [5.74, 6) is 0. The van der Waals surface area contributed by atoms with Crippen LogP contribution >= 0.6 is 0 Å². The van der Waals surface area contributed by atoms with E-state index in [1.165, 1.54) is 0 Å². The van der Waals surface area contributed by atoms with E-state index in [0.29, 0.717) is 36.6 Å². The molecule has 0 atom stereocenters. The highest BCUT2D eigenvalue weighted by atomic mass is 32.2. The molecule has 1 aliphatic rings. The summed E-state index contributed by atoms with van der Waals surface area (Å²) < 4.78 is 27.0. The van der Waals surface area contributed by atoms with Crippen LogP contribution in [0.15, 0.2) is 53.4 Å². The molecule has 2 aromatic rings. The minimum atomic E-state index is -3.41. The van der Waals surface area contributed by atoms with Crippen molar-refractivity contribution < 1.29 is 8.42 Å². The summed E-state index contributed by atoms with van der Waals surface area (Å²) in [5, 5.41) is 8.84. The maximum Gasteiger partial charge on any atom is 0.243 e. The summed E-state index contributed by atoms with van der Waals surface area (Å²) in [6.07, 6.45) is 0. The molecule has 0 N–H and O–H groups in total. The number of benzene rings is 2. The van der Waals surface area contributed by atoms with E-state index >= 15 is 0 Å². The van der Waals surface area contributed by atoms with Crippen molar-refractivity contribution >= 4 is 10.0 Å². The van der Waals surface area contributed by atoms with Crippen molar-refractivity contribution in [3.8, 4) is 6.07 Å². The highest BCUT2D eigenvalue weighted by Gasteiger charge is 2.28. The summed E-state index contributed by atoms with van der Waals surface area (Å²) in [5.41, 5.74) is 2.83. The zero-order chi connectivity index (χ0) is 17.9. The molecule has 0 saturated carbocycles. The normalized spacial score (nSPS) is 16.5. The third kappa shape index (κ3) is 4.07. The van der Waals surface area contributed by atoms with E-state index in [4.69, 9.17) is 5.26 Å². The fraction of sp³-hybridized carbons (Fsp3) is 0.316. The Morgan fingerprint density at radius 1 is 0.960 bits per heavy atom. The average molecular weight is 355 g/mol. The van der Waals surface area contributed by atoms with Crippen molar-refractivity contribution in [1.82, 2.24) is 9.21 Å². The van der Waals surface area contributed by atoms with E-state index in [1.54, 1.807) is 16.4 Å². The van der Waals surface area contributed by atoms with Crippen molar-refractivity contribution in [1.29, 1.82) is 5.26 Å². The Hall–Kier alpha value is -2.20. The van der Waals surface area contributed by atoms with Gasteiger partial charge in [-0.05, 0) is 36.8 Å². The third-order valence-corrected chi connectivity index (χ3v) is 6.39. The van der Waals surface area contributed by atoms with Crippen LogP contribution in [0.5, 0.6) is 0 Å². The van der Waals surface area contributed by atoms with E-state index in [0.717, 1.165) is 17.7 Å². The monoisotopic (exact) mass is 355 g/mol. The topological polar surface area (TPSA) is 64.4 Å². The van der Waals surface area contributed by atoms with Gasteiger partial charge >= 0.3 is 0 Å². The first-order chi connectivity index (χ1) is 12.0. The first-order valence-corrected chi connectivity index (χ1v) is 9.71. The van der Waals surface area contributed by atoms with Crippen molar-refractivity contribution in [2.45, 2.75) is 18.4 Å². The Kier molecular flexibility index (Phi) is 5.19. The third-order valence-electron chi connectivity index (χ3n) is 4.48. The predicted octanol–water partition coefficient (Wildman–Crippen LogP) is 2.37. The average Bonchev–Trinajstić information content (AvgIpc) is 2.63. The SMILES string of the molecule is Cc1ccc(S(=O)(=O)N2CCN(Cc3ccc(C#N)cc3)CC2)cc1. The Morgan fingerprint density at radius 2 is 1.56 bits per heavy atom. The molecule has 0 amide bonds. The van der Waals surface area contributed by atoms with Gasteiger partial charge in [0.25, 0.3) is 0 Å². The minimum Gasteiger partial charge on any atom is -0.296 e. The second-order valence-corrected chi connectivity index (χ2v) is 8.24. The maximum atomic E-state index is 12.7. The number of hydrogen-bond donors (Lipinski definition) is 0. The number of piperazine rings is 1. The van der Waals surface area contributed by atoms with Gasteiger partial charge in [0.15, 0.2) is 0 Å². The van der Waals surface area contributed by atoms with Gasteiger partial charge < -0.3 is 0 Å². The van der Waals surface area contributed by atoms with Gasteiger partial charge in [-0.3, -0.25) is 4.90 Å². The molecule has 0 unspecified atom stereocenters. The summed E-state index contributed by atoms with van der Waals surface area (Å²) >= 11 is 0. The van der Waals surface area contributed by atoms with Crippen LogP contribution in [0.3, 0.4) is 0 Å². The molecule has 5 nitrogen and oxygen atoms in total. The van der Waals surface area contributed by atoms with Crippen LogP contribution < -0.4 is 0 Å². The first-order valence-electron chi connectivity index (χ1n) is 8.27. The summed E-state index contributed by atoms with van der Waals surface area (Å²) in [4.78, 5) is 2.60. The lowest BCUT2D eigenvalue weighted by Gasteiger charge is -2.34. The van der Waals surface area contributed by atoms with Gasteiger partial charge in [-0.2, -0.15) is 9.57 Å². The van der Waals surface area contributed by atoms with E-state index in [-0.39, 0.29) is 0 Å². The Labute approximate surface area is 149 Å². The summed E-state index contributed by atoms with van der Waals surface area (Å²) in [7, 11) is -3.41. The van der Waals surface area contributed by atoms with Gasteiger partial charge in [0.05, 0.1) is 16.5 Å². The molecular formula is C19H21N3O2S. The molecule has 130 valence electrons. The largest absolute Gasteiger partial charge is 0.296 e. The van der Waals surface area contributed by atoms with Crippen molar-refractivity contribution in [3.63, 3.8) is 0 Å². The van der Waals surface area contributed by atoms with Crippen LogP contribution in [0.25, 0.3) is 0 Å². The Bertz CT molecular complexity index is 860. The van der Waals surface area contributed by atoms with E-state index in [1.807, 2.05) is 43.3 Å². The number of rotatable bonds is 4. The molecule has 1 saturated heterocycles. The lowest BCUT2D eigenvalue weighted by atomic mass is 10.1. The van der Waals surface area contributed by atoms with Gasteiger partial charge in [-0.25, -0.2) is 8.42 Å². The fourth-order valence-electron chi connectivity index (χ4n) is 2.93. The highest BCUT2D eigenvalue weighted by Crippen LogP contribution is 2.19. The van der Waals surface area contributed by atoms with Crippen LogP contribution in [-0.4, -0.2) is 43.8 Å². The smallest absolute Gasteiger partial charge is 0.243 e. The van der Waals surface area contributed by atoms with Crippen LogP contribution in [0.4, 0.5) is 0 Å². The molecule has 0 spiro atoms. The second-order valence-electron chi connectivity index (χ2n) is 6.30. The van der Waals surface area contributed by atoms with E-state index < -0.39 is 10.0 Å². The van der Waals surface area contributed by atoms with Crippen molar-refractivity contribution in [2.24, 2.45) is 0 Å². The zero-order valence-electron chi connectivity index (χ0n) is 14.2. The van der Waals surface area contributed by atoms with Crippen molar-refractivity contribution in [2.75, 3.05) is 26.2 Å². The molecular weight excluding hydrogens is 334 g/mol. The van der Waals surface area contributed by atoms with Gasteiger partial charge in [-0.15, -0.1) is 0 Å². The van der Waals surface area contributed by atoms with Crippen molar-refractivity contribution in [3.05, 3.63) is 65.2 Å². The molecule has 25 heavy (non-hydrogen) atoms. The number of nitriles is 1. The molecule has 3 rings (SSSR count). The molecule has 6 heteroatoms. The second kappa shape index (κ2) is 7.36. The lowest BCUT2D eigenvalue weighted by molar-refractivity contribution is 0.181. The number of aryl methyl sites for hydroxylation is 1. The van der Waals surface area contributed by atoms with E-state index in [2.05, 4.69) is 11.0 Å². The van der Waals surface area contributed by atoms with Gasteiger partial charge in [0.2, 0.25) is 10.0 Å². The van der Waals surface area contributed by atoms with Crippen LogP contribution in [0.2, 0.25) is 0 Å². The van der Waals surface area contributed by atoms with Gasteiger partial charge in [0.1, 0.15) is 0 Å². The molecule has 0 radical (unpaired) electrons. The predicted molar refractivity (Wildman–Crippen MR) is 96.4 cm³/mol.